The minimum Gasteiger partial charge on any atom is -0.385 e. The molecule has 2 rings (SSSR count). The van der Waals surface area contributed by atoms with Crippen LogP contribution in [0.25, 0.3) is 0 Å². The first-order valence-corrected chi connectivity index (χ1v) is 9.38. The molecule has 0 saturated heterocycles. The molecule has 1 aromatic heterocycles. The van der Waals surface area contributed by atoms with Crippen molar-refractivity contribution >= 4 is 29.9 Å². The Morgan fingerprint density at radius 2 is 1.96 bits per heavy atom. The van der Waals surface area contributed by atoms with Gasteiger partial charge in [0.2, 0.25) is 0 Å². The molecule has 1 heterocycles. The summed E-state index contributed by atoms with van der Waals surface area (Å²) in [7, 11) is 5.65. The monoisotopic (exact) mass is 500 g/mol. The van der Waals surface area contributed by atoms with Crippen LogP contribution in [0.1, 0.15) is 17.5 Å². The van der Waals surface area contributed by atoms with Crippen molar-refractivity contribution < 1.29 is 4.74 Å². The molecule has 28 heavy (non-hydrogen) atoms. The van der Waals surface area contributed by atoms with Crippen molar-refractivity contribution in [2.75, 3.05) is 47.4 Å². The Balaban J connectivity index is 0.00000392. The molecular formula is C20H33IN6O. The van der Waals surface area contributed by atoms with Gasteiger partial charge in [-0.05, 0) is 19.0 Å². The first kappa shape index (κ1) is 24.4. The Labute approximate surface area is 185 Å². The van der Waals surface area contributed by atoms with Gasteiger partial charge in [-0.15, -0.1) is 24.0 Å². The number of ether oxygens (including phenoxy) is 1. The van der Waals surface area contributed by atoms with Gasteiger partial charge in [0.15, 0.2) is 5.96 Å². The number of hydrogen-bond donors (Lipinski definition) is 2. The molecule has 1 aromatic carbocycles. The average Bonchev–Trinajstić information content (AvgIpc) is 3.13. The quantitative estimate of drug-likeness (QED) is 0.214. The molecule has 7 nitrogen and oxygen atoms in total. The summed E-state index contributed by atoms with van der Waals surface area (Å²) < 4.78 is 7.04. The molecule has 0 radical (unpaired) electrons. The standard InChI is InChI=1S/C20H32N6O.HI/c1-21-20(22-10-12-25(2)11-7-13-27-3)23-14-19-15-24-26(17-19)16-18-8-5-4-6-9-18;/h4-6,8-9,15,17H,7,10-14,16H2,1-3H3,(H2,21,22,23);1H. The lowest BCUT2D eigenvalue weighted by Crippen LogP contribution is -2.40. The van der Waals surface area contributed by atoms with E-state index in [4.69, 9.17) is 4.74 Å². The highest BCUT2D eigenvalue weighted by Gasteiger charge is 2.03. The van der Waals surface area contributed by atoms with Crippen molar-refractivity contribution in [2.24, 2.45) is 4.99 Å². The van der Waals surface area contributed by atoms with Gasteiger partial charge in [-0.1, -0.05) is 30.3 Å². The first-order valence-electron chi connectivity index (χ1n) is 9.38. The minimum absolute atomic E-state index is 0. The maximum Gasteiger partial charge on any atom is 0.191 e. The van der Waals surface area contributed by atoms with Crippen LogP contribution in [-0.2, 0) is 17.8 Å². The van der Waals surface area contributed by atoms with E-state index in [2.05, 4.69) is 51.0 Å². The van der Waals surface area contributed by atoms with E-state index in [1.807, 2.05) is 29.1 Å². The Kier molecular flexibility index (Phi) is 12.5. The summed E-state index contributed by atoms with van der Waals surface area (Å²) >= 11 is 0. The van der Waals surface area contributed by atoms with Gasteiger partial charge < -0.3 is 20.3 Å². The number of hydrogen-bond acceptors (Lipinski definition) is 4. The van der Waals surface area contributed by atoms with Gasteiger partial charge in [0.25, 0.3) is 0 Å². The molecule has 2 aromatic rings. The van der Waals surface area contributed by atoms with Crippen molar-refractivity contribution in [1.82, 2.24) is 25.3 Å². The molecule has 0 fully saturated rings. The highest BCUT2D eigenvalue weighted by atomic mass is 127. The van der Waals surface area contributed by atoms with Gasteiger partial charge in [-0.2, -0.15) is 5.10 Å². The number of nitrogens with zero attached hydrogens (tertiary/aromatic N) is 4. The summed E-state index contributed by atoms with van der Waals surface area (Å²) in [5.41, 5.74) is 2.37. The molecule has 156 valence electrons. The molecule has 0 unspecified atom stereocenters. The second-order valence-electron chi connectivity index (χ2n) is 6.53. The van der Waals surface area contributed by atoms with E-state index >= 15 is 0 Å². The second-order valence-corrected chi connectivity index (χ2v) is 6.53. The van der Waals surface area contributed by atoms with Crippen LogP contribution < -0.4 is 10.6 Å². The van der Waals surface area contributed by atoms with Crippen molar-refractivity contribution in [1.29, 1.82) is 0 Å². The molecular weight excluding hydrogens is 467 g/mol. The predicted octanol–water partition coefficient (Wildman–Crippen LogP) is 2.18. The lowest BCUT2D eigenvalue weighted by Gasteiger charge is -2.18. The summed E-state index contributed by atoms with van der Waals surface area (Å²) in [6, 6.07) is 10.3. The Bertz CT molecular complexity index is 676. The van der Waals surface area contributed by atoms with Gasteiger partial charge in [0, 0.05) is 58.7 Å². The van der Waals surface area contributed by atoms with Crippen LogP contribution >= 0.6 is 24.0 Å². The average molecular weight is 500 g/mol. The fourth-order valence-corrected chi connectivity index (χ4v) is 2.72. The molecule has 0 aliphatic heterocycles. The highest BCUT2D eigenvalue weighted by Crippen LogP contribution is 2.03. The summed E-state index contributed by atoms with van der Waals surface area (Å²) in [6.45, 7) is 5.11. The Hall–Kier alpha value is -1.65. The number of rotatable bonds is 11. The third kappa shape index (κ3) is 9.52. The second kappa shape index (κ2) is 14.4. The van der Waals surface area contributed by atoms with E-state index < -0.39 is 0 Å². The summed E-state index contributed by atoms with van der Waals surface area (Å²) in [5.74, 6) is 0.802. The van der Waals surface area contributed by atoms with Crippen LogP contribution in [0.15, 0.2) is 47.7 Å². The maximum absolute atomic E-state index is 5.08. The number of likely N-dealkylation sites (N-methyl/N-ethyl adjacent to an activating group) is 1. The first-order chi connectivity index (χ1) is 13.2. The summed E-state index contributed by atoms with van der Waals surface area (Å²) in [4.78, 5) is 6.56. The number of nitrogens with one attached hydrogen (secondary N) is 2. The molecule has 0 aliphatic rings. The lowest BCUT2D eigenvalue weighted by atomic mass is 10.2. The van der Waals surface area contributed by atoms with Gasteiger partial charge in [-0.3, -0.25) is 9.67 Å². The van der Waals surface area contributed by atoms with Gasteiger partial charge in [-0.25, -0.2) is 0 Å². The SMILES string of the molecule is CN=C(NCCN(C)CCCOC)NCc1cnn(Cc2ccccc2)c1.I. The molecule has 0 atom stereocenters. The smallest absolute Gasteiger partial charge is 0.191 e. The van der Waals surface area contributed by atoms with E-state index in [9.17, 15) is 0 Å². The van der Waals surface area contributed by atoms with Crippen LogP contribution in [0, 0.1) is 0 Å². The molecule has 0 spiro atoms. The Morgan fingerprint density at radius 1 is 1.18 bits per heavy atom. The molecule has 8 heteroatoms. The van der Waals surface area contributed by atoms with Crippen LogP contribution in [0.3, 0.4) is 0 Å². The number of benzene rings is 1. The Morgan fingerprint density at radius 3 is 2.68 bits per heavy atom. The zero-order chi connectivity index (χ0) is 19.3. The van der Waals surface area contributed by atoms with E-state index in [1.54, 1.807) is 14.2 Å². The van der Waals surface area contributed by atoms with Crippen LogP contribution in [0.4, 0.5) is 0 Å². The maximum atomic E-state index is 5.08. The number of aliphatic imine (C=N–C) groups is 1. The van der Waals surface area contributed by atoms with Crippen LogP contribution in [-0.4, -0.2) is 68.1 Å². The fraction of sp³-hybridized carbons (Fsp3) is 0.500. The molecule has 0 bridgehead atoms. The summed E-state index contributed by atoms with van der Waals surface area (Å²) in [5, 5.41) is 11.1. The fourth-order valence-electron chi connectivity index (χ4n) is 2.72. The lowest BCUT2D eigenvalue weighted by molar-refractivity contribution is 0.180. The zero-order valence-corrected chi connectivity index (χ0v) is 19.4. The van der Waals surface area contributed by atoms with Crippen molar-refractivity contribution in [3.63, 3.8) is 0 Å². The van der Waals surface area contributed by atoms with Gasteiger partial charge in [0.1, 0.15) is 0 Å². The minimum atomic E-state index is 0. The molecule has 0 saturated carbocycles. The number of halogens is 1. The van der Waals surface area contributed by atoms with Gasteiger partial charge in [0.05, 0.1) is 12.7 Å². The third-order valence-corrected chi connectivity index (χ3v) is 4.23. The largest absolute Gasteiger partial charge is 0.385 e. The third-order valence-electron chi connectivity index (χ3n) is 4.23. The van der Waals surface area contributed by atoms with Crippen LogP contribution in [0.5, 0.6) is 0 Å². The molecule has 2 N–H and O–H groups in total. The number of aromatic nitrogens is 2. The molecule has 0 amide bonds. The zero-order valence-electron chi connectivity index (χ0n) is 17.1. The highest BCUT2D eigenvalue weighted by molar-refractivity contribution is 14.0. The van der Waals surface area contributed by atoms with Crippen molar-refractivity contribution in [2.45, 2.75) is 19.5 Å². The van der Waals surface area contributed by atoms with Crippen molar-refractivity contribution in [3.8, 4) is 0 Å². The topological polar surface area (TPSA) is 66.7 Å². The van der Waals surface area contributed by atoms with E-state index in [0.717, 1.165) is 50.7 Å². The van der Waals surface area contributed by atoms with Crippen molar-refractivity contribution in [3.05, 3.63) is 53.9 Å². The van der Waals surface area contributed by atoms with E-state index in [-0.39, 0.29) is 24.0 Å². The number of guanidine groups is 1. The summed E-state index contributed by atoms with van der Waals surface area (Å²) in [6.07, 6.45) is 5.01. The van der Waals surface area contributed by atoms with Gasteiger partial charge >= 0.3 is 0 Å². The number of methoxy groups -OCH3 is 1. The predicted molar refractivity (Wildman–Crippen MR) is 125 cm³/mol. The van der Waals surface area contributed by atoms with Crippen LogP contribution in [0.2, 0.25) is 0 Å². The molecule has 0 aliphatic carbocycles. The van der Waals surface area contributed by atoms with E-state index in [1.165, 1.54) is 5.56 Å². The normalized spacial score (nSPS) is 11.4. The van der Waals surface area contributed by atoms with E-state index in [0.29, 0.717) is 6.54 Å².